The summed E-state index contributed by atoms with van der Waals surface area (Å²) in [4.78, 5) is 12.6. The van der Waals surface area contributed by atoms with Crippen LogP contribution in [0.5, 0.6) is 17.2 Å². The van der Waals surface area contributed by atoms with Gasteiger partial charge in [0.25, 0.3) is 0 Å². The topological polar surface area (TPSA) is 56.8 Å². The minimum atomic E-state index is -0.0123. The molecule has 35 heavy (non-hydrogen) atoms. The molecule has 0 saturated heterocycles. The fraction of sp³-hybridized carbons (Fsp3) is 0.633. The number of nitrogens with one attached hydrogen (secondary N) is 1. The van der Waals surface area contributed by atoms with Crippen LogP contribution >= 0.6 is 0 Å². The quantitative estimate of drug-likeness (QED) is 0.139. The summed E-state index contributed by atoms with van der Waals surface area (Å²) in [7, 11) is 0. The summed E-state index contributed by atoms with van der Waals surface area (Å²) in [6, 6.07) is 3.62. The lowest BCUT2D eigenvalue weighted by atomic mass is 10.1. The van der Waals surface area contributed by atoms with E-state index in [-0.39, 0.29) is 5.91 Å². The van der Waals surface area contributed by atoms with E-state index in [1.807, 2.05) is 32.9 Å². The normalized spacial score (nSPS) is 11.3. The molecular weight excluding hydrogens is 438 g/mol. The molecule has 5 nitrogen and oxygen atoms in total. The van der Waals surface area contributed by atoms with E-state index in [0.717, 1.165) is 32.1 Å². The molecule has 0 saturated carbocycles. The number of hydrogen-bond acceptors (Lipinski definition) is 4. The zero-order valence-electron chi connectivity index (χ0n) is 22.7. The van der Waals surface area contributed by atoms with Gasteiger partial charge in [0.1, 0.15) is 22.9 Å². The molecule has 198 valence electrons. The Kier molecular flexibility index (Phi) is 18.3. The van der Waals surface area contributed by atoms with Crippen LogP contribution in [0, 0.1) is 0 Å². The van der Waals surface area contributed by atoms with Crippen LogP contribution in [0.3, 0.4) is 0 Å². The van der Waals surface area contributed by atoms with Crippen LogP contribution < -0.4 is 19.5 Å². The van der Waals surface area contributed by atoms with Gasteiger partial charge in [0, 0.05) is 18.6 Å². The van der Waals surface area contributed by atoms with Gasteiger partial charge in [-0.25, -0.2) is 0 Å². The molecule has 1 aromatic rings. The monoisotopic (exact) mass is 487 g/mol. The summed E-state index contributed by atoms with van der Waals surface area (Å²) in [5.74, 6) is 1.82. The largest absolute Gasteiger partial charge is 0.494 e. The molecule has 0 aliphatic carbocycles. The van der Waals surface area contributed by atoms with Crippen molar-refractivity contribution in [2.24, 2.45) is 0 Å². The predicted octanol–water partition coefficient (Wildman–Crippen LogP) is 8.63. The predicted molar refractivity (Wildman–Crippen MR) is 148 cm³/mol. The van der Waals surface area contributed by atoms with Gasteiger partial charge in [-0.05, 0) is 59.3 Å². The van der Waals surface area contributed by atoms with Gasteiger partial charge in [-0.15, -0.1) is 0 Å². The van der Waals surface area contributed by atoms with Gasteiger partial charge in [0.05, 0.1) is 19.8 Å². The Morgan fingerprint density at radius 1 is 0.714 bits per heavy atom. The average Bonchev–Trinajstić information content (AvgIpc) is 2.84. The first-order valence-electron chi connectivity index (χ1n) is 13.8. The molecule has 0 aliphatic rings. The summed E-state index contributed by atoms with van der Waals surface area (Å²) in [5, 5.41) is 3.01. The SMILES string of the molecule is CCCCC/C=C/C/C=C/CCCCCCCC(=O)Nc1c(OCC)cc(OCC)cc1OCC. The maximum absolute atomic E-state index is 12.6. The summed E-state index contributed by atoms with van der Waals surface area (Å²) >= 11 is 0. The second kappa shape index (κ2) is 20.9. The molecule has 1 aromatic carbocycles. The molecule has 5 heteroatoms. The molecule has 1 rings (SSSR count). The molecule has 0 radical (unpaired) electrons. The number of unbranched alkanes of at least 4 members (excludes halogenated alkanes) is 8. The third-order valence-corrected chi connectivity index (χ3v) is 5.57. The molecule has 1 amide bonds. The number of ether oxygens (including phenoxy) is 3. The Morgan fingerprint density at radius 3 is 1.83 bits per heavy atom. The third kappa shape index (κ3) is 14.5. The van der Waals surface area contributed by atoms with E-state index in [1.165, 1.54) is 38.5 Å². The number of carbonyl (C=O) groups is 1. The summed E-state index contributed by atoms with van der Waals surface area (Å²) in [6.45, 7) is 9.55. The Bertz CT molecular complexity index is 715. The Morgan fingerprint density at radius 2 is 1.26 bits per heavy atom. The highest BCUT2D eigenvalue weighted by Gasteiger charge is 2.17. The molecule has 1 N–H and O–H groups in total. The van der Waals surface area contributed by atoms with Crippen molar-refractivity contribution in [2.45, 2.75) is 105 Å². The van der Waals surface area contributed by atoms with Crippen LogP contribution in [0.15, 0.2) is 36.4 Å². The number of carbonyl (C=O) groups excluding carboxylic acids is 1. The lowest BCUT2D eigenvalue weighted by molar-refractivity contribution is -0.116. The molecule has 0 spiro atoms. The lowest BCUT2D eigenvalue weighted by Gasteiger charge is -2.18. The highest BCUT2D eigenvalue weighted by molar-refractivity contribution is 5.94. The highest BCUT2D eigenvalue weighted by atomic mass is 16.5. The van der Waals surface area contributed by atoms with Gasteiger partial charge in [-0.2, -0.15) is 0 Å². The van der Waals surface area contributed by atoms with Crippen LogP contribution in [-0.4, -0.2) is 25.7 Å². The van der Waals surface area contributed by atoms with Crippen molar-refractivity contribution in [3.05, 3.63) is 36.4 Å². The number of hydrogen-bond donors (Lipinski definition) is 1. The highest BCUT2D eigenvalue weighted by Crippen LogP contribution is 2.39. The minimum absolute atomic E-state index is 0.0123. The molecule has 0 aliphatic heterocycles. The van der Waals surface area contributed by atoms with Crippen LogP contribution in [0.25, 0.3) is 0 Å². The Hall–Kier alpha value is -2.43. The van der Waals surface area contributed by atoms with Gasteiger partial charge in [0.15, 0.2) is 0 Å². The first-order chi connectivity index (χ1) is 17.2. The fourth-order valence-corrected chi connectivity index (χ4v) is 3.78. The zero-order valence-corrected chi connectivity index (χ0v) is 22.7. The van der Waals surface area contributed by atoms with Crippen molar-refractivity contribution in [3.8, 4) is 17.2 Å². The van der Waals surface area contributed by atoms with E-state index in [4.69, 9.17) is 14.2 Å². The summed E-state index contributed by atoms with van der Waals surface area (Å²) < 4.78 is 17.1. The maximum atomic E-state index is 12.6. The second-order valence-electron chi connectivity index (χ2n) is 8.62. The van der Waals surface area contributed by atoms with E-state index < -0.39 is 0 Å². The number of rotatable bonds is 21. The molecule has 0 unspecified atom stereocenters. The molecule has 0 bridgehead atoms. The van der Waals surface area contributed by atoms with Gasteiger partial charge in [-0.1, -0.05) is 63.3 Å². The van der Waals surface area contributed by atoms with E-state index >= 15 is 0 Å². The van der Waals surface area contributed by atoms with E-state index in [9.17, 15) is 4.79 Å². The van der Waals surface area contributed by atoms with Gasteiger partial charge < -0.3 is 19.5 Å². The van der Waals surface area contributed by atoms with Crippen molar-refractivity contribution < 1.29 is 19.0 Å². The van der Waals surface area contributed by atoms with E-state index in [0.29, 0.717) is 49.2 Å². The molecule has 0 fully saturated rings. The van der Waals surface area contributed by atoms with Crippen LogP contribution in [0.2, 0.25) is 0 Å². The number of amides is 1. The molecular formula is C30H49NO4. The van der Waals surface area contributed by atoms with Crippen molar-refractivity contribution in [2.75, 3.05) is 25.1 Å². The smallest absolute Gasteiger partial charge is 0.224 e. The van der Waals surface area contributed by atoms with Crippen molar-refractivity contribution in [3.63, 3.8) is 0 Å². The average molecular weight is 488 g/mol. The summed E-state index contributed by atoms with van der Waals surface area (Å²) in [5.41, 5.74) is 0.588. The molecule has 0 aromatic heterocycles. The zero-order chi connectivity index (χ0) is 25.6. The number of benzene rings is 1. The van der Waals surface area contributed by atoms with E-state index in [2.05, 4.69) is 36.5 Å². The van der Waals surface area contributed by atoms with Crippen molar-refractivity contribution in [1.29, 1.82) is 0 Å². The van der Waals surface area contributed by atoms with Crippen molar-refractivity contribution in [1.82, 2.24) is 0 Å². The maximum Gasteiger partial charge on any atom is 0.224 e. The summed E-state index contributed by atoms with van der Waals surface area (Å²) in [6.07, 6.45) is 22.5. The first kappa shape index (κ1) is 30.6. The number of allylic oxidation sites excluding steroid dienone is 4. The standard InChI is InChI=1S/C30H49NO4/c1-5-9-10-11-12-13-14-15-16-17-18-19-20-21-22-23-29(32)31-30-27(34-7-3)24-26(33-6-2)25-28(30)35-8-4/h12-13,15-16,24-25H,5-11,14,17-23H2,1-4H3,(H,31,32)/b13-12+,16-15+. The fourth-order valence-electron chi connectivity index (χ4n) is 3.78. The second-order valence-corrected chi connectivity index (χ2v) is 8.62. The van der Waals surface area contributed by atoms with Crippen LogP contribution in [-0.2, 0) is 4.79 Å². The Labute approximate surface area is 214 Å². The molecule has 0 atom stereocenters. The van der Waals surface area contributed by atoms with E-state index in [1.54, 1.807) is 0 Å². The van der Waals surface area contributed by atoms with Crippen LogP contribution in [0.4, 0.5) is 5.69 Å². The minimum Gasteiger partial charge on any atom is -0.494 e. The molecule has 0 heterocycles. The lowest BCUT2D eigenvalue weighted by Crippen LogP contribution is -2.14. The third-order valence-electron chi connectivity index (χ3n) is 5.57. The number of anilines is 1. The van der Waals surface area contributed by atoms with Crippen molar-refractivity contribution >= 4 is 11.6 Å². The van der Waals surface area contributed by atoms with Gasteiger partial charge >= 0.3 is 0 Å². The Balaban J connectivity index is 2.30. The van der Waals surface area contributed by atoms with Gasteiger partial charge in [-0.3, -0.25) is 4.79 Å². The van der Waals surface area contributed by atoms with Gasteiger partial charge in [0.2, 0.25) is 5.91 Å². The first-order valence-corrected chi connectivity index (χ1v) is 13.8. The van der Waals surface area contributed by atoms with Crippen LogP contribution in [0.1, 0.15) is 105 Å².